The molecule has 1 saturated heterocycles. The Morgan fingerprint density at radius 1 is 0.889 bits per heavy atom. The molecule has 1 atom stereocenters. The number of nitrogens with zero attached hydrogens (tertiary/aromatic N) is 6. The third-order valence-electron chi connectivity index (χ3n) is 13.3. The Hall–Kier alpha value is -4.56. The van der Waals surface area contributed by atoms with Crippen LogP contribution in [0, 0.1) is 35.4 Å². The van der Waals surface area contributed by atoms with Crippen molar-refractivity contribution < 1.29 is 37.0 Å². The molecular weight excluding hydrogens is 706 g/mol. The summed E-state index contributed by atoms with van der Waals surface area (Å²) in [5.74, 6) is -1.28. The predicted octanol–water partition coefficient (Wildman–Crippen LogP) is 6.91. The Morgan fingerprint density at radius 3 is 2.17 bits per heavy atom. The van der Waals surface area contributed by atoms with Gasteiger partial charge in [-0.15, -0.1) is 0 Å². The van der Waals surface area contributed by atoms with Crippen LogP contribution in [0.25, 0.3) is 0 Å². The molecule has 4 bridgehead atoms. The molecule has 286 valence electrons. The van der Waals surface area contributed by atoms with Crippen LogP contribution in [0.4, 0.5) is 35.1 Å². The summed E-state index contributed by atoms with van der Waals surface area (Å²) in [5, 5.41) is 13.1. The topological polar surface area (TPSA) is 134 Å². The molecule has 1 unspecified atom stereocenters. The Bertz CT molecular complexity index is 1900. The molecule has 5 saturated carbocycles. The first kappa shape index (κ1) is 35.2. The van der Waals surface area contributed by atoms with Gasteiger partial charge in [-0.25, -0.2) is 29.1 Å². The number of carbonyl (C=O) groups is 2. The molecular formula is C39H43F4N7O4. The quantitative estimate of drug-likeness (QED) is 0.234. The van der Waals surface area contributed by atoms with Crippen molar-refractivity contribution in [1.29, 1.82) is 0 Å². The van der Waals surface area contributed by atoms with Gasteiger partial charge in [0, 0.05) is 50.3 Å². The van der Waals surface area contributed by atoms with E-state index in [9.17, 15) is 32.3 Å². The summed E-state index contributed by atoms with van der Waals surface area (Å²) in [4.78, 5) is 46.9. The smallest absolute Gasteiger partial charge is 0.434 e. The van der Waals surface area contributed by atoms with Crippen molar-refractivity contribution in [2.75, 3.05) is 29.4 Å². The first-order chi connectivity index (χ1) is 26.0. The Labute approximate surface area is 309 Å². The summed E-state index contributed by atoms with van der Waals surface area (Å²) >= 11 is 0. The maximum atomic E-state index is 14.8. The number of anilines is 3. The normalized spacial score (nSPS) is 29.4. The van der Waals surface area contributed by atoms with E-state index < -0.39 is 40.7 Å². The lowest BCUT2D eigenvalue weighted by molar-refractivity contribution is -0.163. The highest BCUT2D eigenvalue weighted by molar-refractivity contribution is 5.99. The first-order valence-corrected chi connectivity index (χ1v) is 19.3. The molecule has 3 aromatic rings. The van der Waals surface area contributed by atoms with Crippen molar-refractivity contribution in [3.05, 3.63) is 59.4 Å². The molecule has 1 amide bonds. The minimum Gasteiger partial charge on any atom is -0.490 e. The Morgan fingerprint density at radius 2 is 1.54 bits per heavy atom. The molecule has 0 spiro atoms. The van der Waals surface area contributed by atoms with Crippen LogP contribution in [-0.4, -0.2) is 68.2 Å². The van der Waals surface area contributed by atoms with Gasteiger partial charge in [-0.1, -0.05) is 12.8 Å². The van der Waals surface area contributed by atoms with E-state index in [0.29, 0.717) is 93.3 Å². The number of hydrogen-bond donors (Lipinski definition) is 2. The number of alkyl halides is 3. The van der Waals surface area contributed by atoms with Crippen LogP contribution in [-0.2, 0) is 11.0 Å². The third kappa shape index (κ3) is 6.11. The van der Waals surface area contributed by atoms with Gasteiger partial charge in [-0.05, 0) is 98.3 Å². The van der Waals surface area contributed by atoms with Gasteiger partial charge in [-0.3, -0.25) is 4.79 Å². The van der Waals surface area contributed by atoms with E-state index in [2.05, 4.69) is 25.3 Å². The summed E-state index contributed by atoms with van der Waals surface area (Å²) in [6, 6.07) is 5.67. The minimum absolute atomic E-state index is 0.0248. The number of nitrogens with one attached hydrogen (secondary N) is 1. The number of amides is 1. The number of hydrogen-bond acceptors (Lipinski definition) is 9. The van der Waals surface area contributed by atoms with Crippen molar-refractivity contribution in [3.63, 3.8) is 0 Å². The summed E-state index contributed by atoms with van der Waals surface area (Å²) in [7, 11) is 0. The summed E-state index contributed by atoms with van der Waals surface area (Å²) in [5.41, 5.74) is -2.08. The van der Waals surface area contributed by atoms with E-state index in [1.165, 1.54) is 0 Å². The van der Waals surface area contributed by atoms with Gasteiger partial charge >= 0.3 is 12.1 Å². The van der Waals surface area contributed by atoms with Crippen molar-refractivity contribution in [1.82, 2.24) is 25.3 Å². The number of aliphatic carboxylic acids is 1. The van der Waals surface area contributed by atoms with Crippen molar-refractivity contribution >= 4 is 29.5 Å². The summed E-state index contributed by atoms with van der Waals surface area (Å²) in [6.07, 6.45) is 7.41. The number of carboxylic acid groups (broad SMARTS) is 1. The number of rotatable bonds is 8. The fourth-order valence-corrected chi connectivity index (χ4v) is 11.0. The SMILES string of the molecule is O=C(NC1(C(=O)O)C2CC3CC(C2)CC1C3)c1cnc(N2CC(C3CCCC3)c3cc(OC4CCN(c5ncc(F)cn5)CC4)ccc32)nc1C(F)(F)F. The molecule has 2 aromatic heterocycles. The fraction of sp³-hybridized carbons (Fsp3) is 0.590. The number of benzene rings is 1. The zero-order chi connectivity index (χ0) is 37.4. The zero-order valence-corrected chi connectivity index (χ0v) is 29.8. The molecule has 5 aliphatic carbocycles. The maximum absolute atomic E-state index is 14.8. The number of fused-ring (bicyclic) bond motifs is 1. The second-order valence-electron chi connectivity index (χ2n) is 16.4. The van der Waals surface area contributed by atoms with Gasteiger partial charge in [-0.2, -0.15) is 13.2 Å². The van der Waals surface area contributed by atoms with Crippen LogP contribution in [0.1, 0.15) is 98.2 Å². The molecule has 7 aliphatic rings. The number of carbonyl (C=O) groups excluding carboxylic acids is 1. The van der Waals surface area contributed by atoms with Crippen LogP contribution >= 0.6 is 0 Å². The highest BCUT2D eigenvalue weighted by Crippen LogP contribution is 2.58. The molecule has 54 heavy (non-hydrogen) atoms. The van der Waals surface area contributed by atoms with Crippen LogP contribution < -0.4 is 19.9 Å². The molecule has 1 aromatic carbocycles. The zero-order valence-electron chi connectivity index (χ0n) is 29.8. The van der Waals surface area contributed by atoms with Gasteiger partial charge < -0.3 is 25.0 Å². The standard InChI is InChI=1S/C39H43F4N7O4/c40-26-17-44-36(45-18-26)49-9-7-27(8-10-49)54-28-5-6-32-29(16-28)31(23-3-1-2-4-23)20-50(32)37-46-19-30(33(47-37)39(41,42)43)34(51)48-38(35(52)53)24-12-21-11-22(14-24)15-25(38)13-21/h5-6,16-19,21-25,27,31H,1-4,7-15,20H2,(H,48,51)(H,52,53). The van der Waals surface area contributed by atoms with Crippen LogP contribution in [0.15, 0.2) is 36.8 Å². The first-order valence-electron chi connectivity index (χ1n) is 19.3. The fourth-order valence-electron chi connectivity index (χ4n) is 11.0. The van der Waals surface area contributed by atoms with E-state index in [-0.39, 0.29) is 29.8 Å². The molecule has 15 heteroatoms. The van der Waals surface area contributed by atoms with Crippen molar-refractivity contribution in [2.45, 2.75) is 94.4 Å². The predicted molar refractivity (Wildman–Crippen MR) is 188 cm³/mol. The highest BCUT2D eigenvalue weighted by Gasteiger charge is 2.62. The number of carboxylic acids is 1. The van der Waals surface area contributed by atoms with Gasteiger partial charge in [0.1, 0.15) is 17.4 Å². The molecule has 6 fully saturated rings. The van der Waals surface area contributed by atoms with E-state index in [1.807, 2.05) is 23.1 Å². The maximum Gasteiger partial charge on any atom is 0.434 e. The van der Waals surface area contributed by atoms with E-state index in [4.69, 9.17) is 4.74 Å². The summed E-state index contributed by atoms with van der Waals surface area (Å²) in [6.45, 7) is 1.67. The largest absolute Gasteiger partial charge is 0.490 e. The number of aromatic nitrogens is 4. The molecule has 4 heterocycles. The Balaban J connectivity index is 0.971. The number of halogens is 4. The van der Waals surface area contributed by atoms with Crippen LogP contribution in [0.3, 0.4) is 0 Å². The average Bonchev–Trinajstić information content (AvgIpc) is 3.81. The highest BCUT2D eigenvalue weighted by atomic mass is 19.4. The lowest BCUT2D eigenvalue weighted by Gasteiger charge is -2.59. The summed E-state index contributed by atoms with van der Waals surface area (Å²) < 4.78 is 64.1. The lowest BCUT2D eigenvalue weighted by Crippen LogP contribution is -2.70. The molecule has 11 nitrogen and oxygen atoms in total. The molecule has 10 rings (SSSR count). The van der Waals surface area contributed by atoms with Crippen LogP contribution in [0.5, 0.6) is 5.75 Å². The van der Waals surface area contributed by atoms with Gasteiger partial charge in [0.25, 0.3) is 5.91 Å². The van der Waals surface area contributed by atoms with Gasteiger partial charge in [0.15, 0.2) is 11.5 Å². The number of ether oxygens (including phenoxy) is 1. The molecule has 0 radical (unpaired) electrons. The van der Waals surface area contributed by atoms with Gasteiger partial charge in [0.2, 0.25) is 11.9 Å². The third-order valence-corrected chi connectivity index (χ3v) is 13.3. The van der Waals surface area contributed by atoms with Crippen LogP contribution in [0.2, 0.25) is 0 Å². The monoisotopic (exact) mass is 749 g/mol. The van der Waals surface area contributed by atoms with E-state index >= 15 is 0 Å². The van der Waals surface area contributed by atoms with Gasteiger partial charge in [0.05, 0.1) is 18.0 Å². The second kappa shape index (κ2) is 13.3. The van der Waals surface area contributed by atoms with E-state index in [1.54, 1.807) is 4.90 Å². The number of piperidine rings is 1. The van der Waals surface area contributed by atoms with Crippen molar-refractivity contribution in [3.8, 4) is 5.75 Å². The molecule has 2 aliphatic heterocycles. The van der Waals surface area contributed by atoms with E-state index in [0.717, 1.165) is 56.3 Å². The molecule has 2 N–H and O–H groups in total. The second-order valence-corrected chi connectivity index (χ2v) is 16.4. The lowest BCUT2D eigenvalue weighted by atomic mass is 9.48. The Kier molecular flexibility index (Phi) is 8.68. The van der Waals surface area contributed by atoms with Crippen molar-refractivity contribution in [2.24, 2.45) is 29.6 Å². The minimum atomic E-state index is -4.99. The average molecular weight is 750 g/mol.